The Morgan fingerprint density at radius 3 is 2.21 bits per heavy atom. The van der Waals surface area contributed by atoms with E-state index in [9.17, 15) is 13.2 Å². The summed E-state index contributed by atoms with van der Waals surface area (Å²) in [5, 5.41) is 4.58. The standard InChI is InChI=1S/C19H21Cl2N3O3S/c1-13(2)14-7-9-15(10-8-14)24(28(3,26)27)12-19(25)23-22-11-16-17(20)5-4-6-18(16)21/h4-11,13H,12H2,1-3H3,(H,23,25)/b22-11-. The highest BCUT2D eigenvalue weighted by atomic mass is 35.5. The van der Waals surface area contributed by atoms with E-state index in [2.05, 4.69) is 10.5 Å². The Bertz CT molecular complexity index is 954. The highest BCUT2D eigenvalue weighted by Crippen LogP contribution is 2.23. The van der Waals surface area contributed by atoms with E-state index in [1.54, 1.807) is 30.3 Å². The molecule has 2 aromatic carbocycles. The Labute approximate surface area is 175 Å². The summed E-state index contributed by atoms with van der Waals surface area (Å²) in [4.78, 5) is 12.2. The zero-order valence-electron chi connectivity index (χ0n) is 15.7. The van der Waals surface area contributed by atoms with Crippen molar-refractivity contribution in [3.63, 3.8) is 0 Å². The van der Waals surface area contributed by atoms with Gasteiger partial charge in [0, 0.05) is 5.56 Å². The van der Waals surface area contributed by atoms with Gasteiger partial charge in [-0.25, -0.2) is 13.8 Å². The molecule has 28 heavy (non-hydrogen) atoms. The van der Waals surface area contributed by atoms with E-state index in [0.717, 1.165) is 16.1 Å². The maximum absolute atomic E-state index is 12.2. The highest BCUT2D eigenvalue weighted by Gasteiger charge is 2.20. The summed E-state index contributed by atoms with van der Waals surface area (Å²) in [6.07, 6.45) is 2.36. The van der Waals surface area contributed by atoms with E-state index >= 15 is 0 Å². The van der Waals surface area contributed by atoms with Crippen LogP contribution in [0.1, 0.15) is 30.9 Å². The number of amides is 1. The van der Waals surface area contributed by atoms with E-state index in [4.69, 9.17) is 23.2 Å². The normalized spacial score (nSPS) is 11.8. The molecule has 1 N–H and O–H groups in total. The fourth-order valence-corrected chi connectivity index (χ4v) is 3.75. The molecule has 0 spiro atoms. The second-order valence-corrected chi connectivity index (χ2v) is 9.17. The van der Waals surface area contributed by atoms with Crippen LogP contribution in [0.25, 0.3) is 0 Å². The molecule has 2 rings (SSSR count). The monoisotopic (exact) mass is 441 g/mol. The first-order chi connectivity index (χ1) is 13.1. The molecule has 0 fully saturated rings. The van der Waals surface area contributed by atoms with Gasteiger partial charge in [-0.2, -0.15) is 5.10 Å². The van der Waals surface area contributed by atoms with Crippen molar-refractivity contribution >= 4 is 51.0 Å². The number of benzene rings is 2. The molecule has 9 heteroatoms. The van der Waals surface area contributed by atoms with Crippen molar-refractivity contribution in [2.24, 2.45) is 5.10 Å². The molecule has 2 aromatic rings. The van der Waals surface area contributed by atoms with Gasteiger partial charge in [0.15, 0.2) is 0 Å². The minimum atomic E-state index is -3.66. The number of halogens is 2. The third kappa shape index (κ3) is 5.95. The van der Waals surface area contributed by atoms with Crippen molar-refractivity contribution in [2.45, 2.75) is 19.8 Å². The molecule has 0 saturated carbocycles. The van der Waals surface area contributed by atoms with Crippen LogP contribution in [0.4, 0.5) is 5.69 Å². The lowest BCUT2D eigenvalue weighted by Crippen LogP contribution is -2.39. The van der Waals surface area contributed by atoms with E-state index in [1.165, 1.54) is 6.21 Å². The topological polar surface area (TPSA) is 78.8 Å². The minimum Gasteiger partial charge on any atom is -0.271 e. The summed E-state index contributed by atoms with van der Waals surface area (Å²) < 4.78 is 25.3. The lowest BCUT2D eigenvalue weighted by atomic mass is 10.0. The number of hydrogen-bond donors (Lipinski definition) is 1. The number of anilines is 1. The molecule has 0 aliphatic heterocycles. The number of carbonyl (C=O) groups excluding carboxylic acids is 1. The van der Waals surface area contributed by atoms with Gasteiger partial charge in [-0.05, 0) is 35.7 Å². The minimum absolute atomic E-state index is 0.315. The Balaban J connectivity index is 2.12. The number of carbonyl (C=O) groups is 1. The summed E-state index contributed by atoms with van der Waals surface area (Å²) in [6, 6.07) is 12.0. The van der Waals surface area contributed by atoms with Crippen LogP contribution in [-0.4, -0.2) is 33.3 Å². The van der Waals surface area contributed by atoms with Crippen LogP contribution in [-0.2, 0) is 14.8 Å². The smallest absolute Gasteiger partial charge is 0.260 e. The molecule has 0 heterocycles. The predicted molar refractivity (Wildman–Crippen MR) is 115 cm³/mol. The molecule has 0 saturated heterocycles. The SMILES string of the molecule is CC(C)c1ccc(N(CC(=O)N/N=C\c2c(Cl)cccc2Cl)S(C)(=O)=O)cc1. The summed E-state index contributed by atoms with van der Waals surface area (Å²) >= 11 is 12.1. The Morgan fingerprint density at radius 1 is 1.14 bits per heavy atom. The zero-order valence-corrected chi connectivity index (χ0v) is 18.0. The molecule has 0 radical (unpaired) electrons. The number of rotatable bonds is 7. The van der Waals surface area contributed by atoms with Crippen LogP contribution in [0.15, 0.2) is 47.6 Å². The second-order valence-electron chi connectivity index (χ2n) is 6.44. The van der Waals surface area contributed by atoms with E-state index in [0.29, 0.717) is 27.2 Å². The van der Waals surface area contributed by atoms with Crippen LogP contribution in [0.5, 0.6) is 0 Å². The van der Waals surface area contributed by atoms with Crippen molar-refractivity contribution in [2.75, 3.05) is 17.1 Å². The molecule has 150 valence electrons. The molecule has 6 nitrogen and oxygen atoms in total. The molecule has 0 bridgehead atoms. The first-order valence-corrected chi connectivity index (χ1v) is 11.0. The summed E-state index contributed by atoms with van der Waals surface area (Å²) in [7, 11) is -3.66. The van der Waals surface area contributed by atoms with Crippen LogP contribution >= 0.6 is 23.2 Å². The summed E-state index contributed by atoms with van der Waals surface area (Å²) in [6.45, 7) is 3.67. The van der Waals surface area contributed by atoms with Crippen molar-refractivity contribution in [3.05, 3.63) is 63.6 Å². The first-order valence-electron chi connectivity index (χ1n) is 8.43. The lowest BCUT2D eigenvalue weighted by Gasteiger charge is -2.21. The van der Waals surface area contributed by atoms with Crippen molar-refractivity contribution in [3.8, 4) is 0 Å². The fraction of sp³-hybridized carbons (Fsp3) is 0.263. The maximum Gasteiger partial charge on any atom is 0.260 e. The van der Waals surface area contributed by atoms with Gasteiger partial charge in [-0.3, -0.25) is 9.10 Å². The van der Waals surface area contributed by atoms with Crippen LogP contribution in [0.3, 0.4) is 0 Å². The maximum atomic E-state index is 12.2. The third-order valence-corrected chi connectivity index (χ3v) is 5.72. The second kappa shape index (κ2) is 9.41. The number of nitrogens with one attached hydrogen (secondary N) is 1. The van der Waals surface area contributed by atoms with Crippen LogP contribution in [0.2, 0.25) is 10.0 Å². The lowest BCUT2D eigenvalue weighted by molar-refractivity contribution is -0.119. The van der Waals surface area contributed by atoms with Crippen molar-refractivity contribution < 1.29 is 13.2 Å². The van der Waals surface area contributed by atoms with Gasteiger partial charge >= 0.3 is 0 Å². The molecule has 0 aliphatic rings. The molecule has 1 amide bonds. The molecular formula is C19H21Cl2N3O3S. The average molecular weight is 442 g/mol. The van der Waals surface area contributed by atoms with Gasteiger partial charge in [-0.15, -0.1) is 0 Å². The van der Waals surface area contributed by atoms with Crippen LogP contribution in [0, 0.1) is 0 Å². The number of sulfonamides is 1. The Kier molecular flexibility index (Phi) is 7.46. The average Bonchev–Trinajstić information content (AvgIpc) is 2.61. The summed E-state index contributed by atoms with van der Waals surface area (Å²) in [5.41, 5.74) is 4.22. The molecule has 0 atom stereocenters. The largest absolute Gasteiger partial charge is 0.271 e. The fourth-order valence-electron chi connectivity index (χ4n) is 2.39. The van der Waals surface area contributed by atoms with Gasteiger partial charge in [0.1, 0.15) is 6.54 Å². The Hall–Kier alpha value is -2.09. The predicted octanol–water partition coefficient (Wildman–Crippen LogP) is 4.03. The first kappa shape index (κ1) is 22.2. The third-order valence-electron chi connectivity index (χ3n) is 3.92. The summed E-state index contributed by atoms with van der Waals surface area (Å²) in [5.74, 6) is -0.284. The number of hydrazone groups is 1. The van der Waals surface area contributed by atoms with E-state index in [1.807, 2.05) is 26.0 Å². The molecule has 0 aromatic heterocycles. The number of hydrogen-bond acceptors (Lipinski definition) is 4. The van der Waals surface area contributed by atoms with Crippen molar-refractivity contribution in [1.29, 1.82) is 0 Å². The van der Waals surface area contributed by atoms with Crippen molar-refractivity contribution in [1.82, 2.24) is 5.43 Å². The molecular weight excluding hydrogens is 421 g/mol. The molecule has 0 aliphatic carbocycles. The van der Waals surface area contributed by atoms with Gasteiger partial charge in [0.25, 0.3) is 5.91 Å². The molecule has 0 unspecified atom stereocenters. The van der Waals surface area contributed by atoms with E-state index in [-0.39, 0.29) is 0 Å². The van der Waals surface area contributed by atoms with Gasteiger partial charge in [0.2, 0.25) is 10.0 Å². The quantitative estimate of drug-likeness (QED) is 0.520. The van der Waals surface area contributed by atoms with Crippen LogP contribution < -0.4 is 9.73 Å². The van der Waals surface area contributed by atoms with Gasteiger partial charge in [-0.1, -0.05) is 55.2 Å². The van der Waals surface area contributed by atoms with Gasteiger partial charge < -0.3 is 0 Å². The Morgan fingerprint density at radius 2 is 1.71 bits per heavy atom. The van der Waals surface area contributed by atoms with E-state index < -0.39 is 22.5 Å². The van der Waals surface area contributed by atoms with Gasteiger partial charge in [0.05, 0.1) is 28.2 Å². The zero-order chi connectivity index (χ0) is 20.9. The number of nitrogens with zero attached hydrogens (tertiary/aromatic N) is 2. The highest BCUT2D eigenvalue weighted by molar-refractivity contribution is 7.92.